The number of carbonyl (C=O) groups is 1. The molecule has 0 atom stereocenters. The number of alkyl halides is 1. The van der Waals surface area contributed by atoms with E-state index in [0.29, 0.717) is 18.2 Å². The van der Waals surface area contributed by atoms with Crippen LogP contribution in [0.4, 0.5) is 0 Å². The monoisotopic (exact) mass is 410 g/mol. The lowest BCUT2D eigenvalue weighted by atomic mass is 10.0. The maximum atomic E-state index is 11.3. The van der Waals surface area contributed by atoms with Gasteiger partial charge in [-0.1, -0.05) is 96.5 Å². The maximum Gasteiger partial charge on any atom is 0.339 e. The number of unbranched alkanes of at least 4 members (excludes halogenated alkanes) is 13. The second-order valence-corrected chi connectivity index (χ2v) is 7.98. The summed E-state index contributed by atoms with van der Waals surface area (Å²) in [5.74, 6) is -0.224. The Hall–Kier alpha value is -1.22. The summed E-state index contributed by atoms with van der Waals surface area (Å²) in [6.45, 7) is 2.84. The number of hydrogen-bond donors (Lipinski definition) is 1. The van der Waals surface area contributed by atoms with Gasteiger partial charge in [0.15, 0.2) is 0 Å². The highest BCUT2D eigenvalue weighted by molar-refractivity contribution is 6.17. The molecule has 0 bridgehead atoms. The predicted molar refractivity (Wildman–Crippen MR) is 119 cm³/mol. The van der Waals surface area contributed by atoms with Gasteiger partial charge in [0.25, 0.3) is 0 Å². The number of halogens is 1. The van der Waals surface area contributed by atoms with Crippen molar-refractivity contribution in [2.24, 2.45) is 0 Å². The Morgan fingerprint density at radius 1 is 0.857 bits per heavy atom. The first-order valence-corrected chi connectivity index (χ1v) is 11.8. The minimum absolute atomic E-state index is 0.198. The van der Waals surface area contributed by atoms with Gasteiger partial charge in [-0.05, 0) is 24.1 Å². The molecule has 3 nitrogen and oxygen atoms in total. The van der Waals surface area contributed by atoms with Gasteiger partial charge in [0.05, 0.1) is 6.61 Å². The molecule has 160 valence electrons. The Morgan fingerprint density at radius 2 is 1.36 bits per heavy atom. The molecule has 0 aromatic heterocycles. The second kappa shape index (κ2) is 16.7. The van der Waals surface area contributed by atoms with Gasteiger partial charge < -0.3 is 9.84 Å². The zero-order chi connectivity index (χ0) is 20.5. The summed E-state index contributed by atoms with van der Waals surface area (Å²) in [6.07, 6.45) is 18.5. The lowest BCUT2D eigenvalue weighted by molar-refractivity contribution is 0.0692. The Labute approximate surface area is 176 Å². The van der Waals surface area contributed by atoms with Crippen LogP contribution in [-0.4, -0.2) is 17.7 Å². The summed E-state index contributed by atoms with van der Waals surface area (Å²) in [7, 11) is 0. The average molecular weight is 411 g/mol. The second-order valence-electron chi connectivity index (χ2n) is 7.71. The number of hydrogen-bond acceptors (Lipinski definition) is 2. The van der Waals surface area contributed by atoms with Crippen molar-refractivity contribution in [1.82, 2.24) is 0 Å². The van der Waals surface area contributed by atoms with Gasteiger partial charge in [0.2, 0.25) is 0 Å². The number of aromatic carboxylic acids is 1. The van der Waals surface area contributed by atoms with Crippen LogP contribution in [0, 0.1) is 0 Å². The van der Waals surface area contributed by atoms with E-state index >= 15 is 0 Å². The standard InChI is InChI=1S/C24H39ClO3/c1-2-3-4-5-6-7-8-9-10-11-12-13-14-15-18-28-23-17-16-21(20-25)19-22(23)24(26)27/h16-17,19H,2-15,18,20H2,1H3,(H,26,27). The minimum atomic E-state index is -0.970. The SMILES string of the molecule is CCCCCCCCCCCCCCCCOc1ccc(CCl)cc1C(=O)O. The normalized spacial score (nSPS) is 10.9. The molecule has 1 N–H and O–H groups in total. The number of carboxylic acids is 1. The fraction of sp³-hybridized carbons (Fsp3) is 0.708. The highest BCUT2D eigenvalue weighted by atomic mass is 35.5. The van der Waals surface area contributed by atoms with Crippen molar-refractivity contribution in [3.8, 4) is 5.75 Å². The zero-order valence-electron chi connectivity index (χ0n) is 17.7. The highest BCUT2D eigenvalue weighted by Gasteiger charge is 2.12. The van der Waals surface area contributed by atoms with Crippen molar-refractivity contribution >= 4 is 17.6 Å². The molecule has 0 heterocycles. The van der Waals surface area contributed by atoms with Crippen LogP contribution in [-0.2, 0) is 5.88 Å². The van der Waals surface area contributed by atoms with Gasteiger partial charge in [-0.25, -0.2) is 4.79 Å². The minimum Gasteiger partial charge on any atom is -0.493 e. The first kappa shape index (κ1) is 24.8. The number of benzene rings is 1. The van der Waals surface area contributed by atoms with Crippen LogP contribution in [0.15, 0.2) is 18.2 Å². The molecule has 0 saturated carbocycles. The van der Waals surface area contributed by atoms with E-state index in [-0.39, 0.29) is 5.56 Å². The van der Waals surface area contributed by atoms with Crippen molar-refractivity contribution in [3.05, 3.63) is 29.3 Å². The van der Waals surface area contributed by atoms with Crippen molar-refractivity contribution in [1.29, 1.82) is 0 Å². The molecule has 28 heavy (non-hydrogen) atoms. The topological polar surface area (TPSA) is 46.5 Å². The number of rotatable bonds is 18. The van der Waals surface area contributed by atoms with E-state index in [2.05, 4.69) is 6.92 Å². The molecule has 1 aromatic rings. The van der Waals surface area contributed by atoms with E-state index < -0.39 is 5.97 Å². The van der Waals surface area contributed by atoms with Gasteiger partial charge in [-0.3, -0.25) is 0 Å². The fourth-order valence-electron chi connectivity index (χ4n) is 3.43. The molecule has 0 unspecified atom stereocenters. The Morgan fingerprint density at radius 3 is 1.82 bits per heavy atom. The molecule has 0 amide bonds. The molecule has 0 fully saturated rings. The summed E-state index contributed by atoms with van der Waals surface area (Å²) in [4.78, 5) is 11.3. The largest absolute Gasteiger partial charge is 0.493 e. The summed E-state index contributed by atoms with van der Waals surface area (Å²) in [5, 5.41) is 9.29. The van der Waals surface area contributed by atoms with Gasteiger partial charge in [0.1, 0.15) is 11.3 Å². The van der Waals surface area contributed by atoms with Crippen LogP contribution >= 0.6 is 11.6 Å². The van der Waals surface area contributed by atoms with Crippen LogP contribution in [0.25, 0.3) is 0 Å². The molecule has 0 spiro atoms. The van der Waals surface area contributed by atoms with Gasteiger partial charge in [-0.2, -0.15) is 0 Å². The number of ether oxygens (including phenoxy) is 1. The molecule has 0 radical (unpaired) electrons. The predicted octanol–water partition coefficient (Wildman–Crippen LogP) is 7.98. The van der Waals surface area contributed by atoms with E-state index in [1.54, 1.807) is 12.1 Å². The van der Waals surface area contributed by atoms with E-state index in [1.165, 1.54) is 77.0 Å². The van der Waals surface area contributed by atoms with Gasteiger partial charge in [-0.15, -0.1) is 11.6 Å². The number of carboxylic acid groups (broad SMARTS) is 1. The lowest BCUT2D eigenvalue weighted by Crippen LogP contribution is -2.05. The maximum absolute atomic E-state index is 11.3. The van der Waals surface area contributed by atoms with Gasteiger partial charge in [0, 0.05) is 5.88 Å². The zero-order valence-corrected chi connectivity index (χ0v) is 18.4. The quantitative estimate of drug-likeness (QED) is 0.197. The Balaban J connectivity index is 1.98. The molecule has 4 heteroatoms. The highest BCUT2D eigenvalue weighted by Crippen LogP contribution is 2.22. The van der Waals surface area contributed by atoms with Crippen molar-refractivity contribution in [2.45, 2.75) is 103 Å². The lowest BCUT2D eigenvalue weighted by Gasteiger charge is -2.10. The molecule has 1 aromatic carbocycles. The third kappa shape index (κ3) is 11.6. The molecule has 0 saturated heterocycles. The van der Waals surface area contributed by atoms with Crippen LogP contribution < -0.4 is 4.74 Å². The van der Waals surface area contributed by atoms with Crippen molar-refractivity contribution in [3.63, 3.8) is 0 Å². The van der Waals surface area contributed by atoms with Crippen molar-refractivity contribution in [2.75, 3.05) is 6.61 Å². The summed E-state index contributed by atoms with van der Waals surface area (Å²) in [5.41, 5.74) is 0.992. The molecular formula is C24H39ClO3. The smallest absolute Gasteiger partial charge is 0.339 e. The Bertz CT molecular complexity index is 531. The van der Waals surface area contributed by atoms with E-state index in [4.69, 9.17) is 16.3 Å². The molecule has 1 rings (SSSR count). The first-order chi connectivity index (χ1) is 13.7. The van der Waals surface area contributed by atoms with Gasteiger partial charge >= 0.3 is 5.97 Å². The summed E-state index contributed by atoms with van der Waals surface area (Å²) < 4.78 is 5.68. The molecule has 0 aliphatic rings. The summed E-state index contributed by atoms with van der Waals surface area (Å²) >= 11 is 5.77. The first-order valence-electron chi connectivity index (χ1n) is 11.2. The van der Waals surface area contributed by atoms with Crippen LogP contribution in [0.2, 0.25) is 0 Å². The fourth-order valence-corrected chi connectivity index (χ4v) is 3.60. The third-order valence-electron chi connectivity index (χ3n) is 5.18. The molecule has 0 aliphatic carbocycles. The van der Waals surface area contributed by atoms with Crippen molar-refractivity contribution < 1.29 is 14.6 Å². The van der Waals surface area contributed by atoms with E-state index in [9.17, 15) is 9.90 Å². The third-order valence-corrected chi connectivity index (χ3v) is 5.49. The molecule has 0 aliphatic heterocycles. The molecular weight excluding hydrogens is 372 g/mol. The van der Waals surface area contributed by atoms with Crippen LogP contribution in [0.1, 0.15) is 113 Å². The Kier molecular flexibility index (Phi) is 14.8. The van der Waals surface area contributed by atoms with Crippen LogP contribution in [0.3, 0.4) is 0 Å². The van der Waals surface area contributed by atoms with E-state index in [0.717, 1.165) is 18.4 Å². The van der Waals surface area contributed by atoms with E-state index in [1.807, 2.05) is 6.07 Å². The van der Waals surface area contributed by atoms with Crippen LogP contribution in [0.5, 0.6) is 5.75 Å². The average Bonchev–Trinajstić information content (AvgIpc) is 2.70. The summed E-state index contributed by atoms with van der Waals surface area (Å²) in [6, 6.07) is 5.13.